The van der Waals surface area contributed by atoms with E-state index >= 15 is 0 Å². The van der Waals surface area contributed by atoms with Gasteiger partial charge in [0.25, 0.3) is 0 Å². The number of nitrogens with one attached hydrogen (secondary N) is 1. The Labute approximate surface area is 94.7 Å². The van der Waals surface area contributed by atoms with Crippen LogP contribution in [0.25, 0.3) is 0 Å². The molecule has 1 N–H and O–H groups in total. The molecule has 1 aromatic rings. The average Bonchev–Trinajstić information content (AvgIpc) is 3.06. The van der Waals surface area contributed by atoms with Gasteiger partial charge in [0.15, 0.2) is 0 Å². The van der Waals surface area contributed by atoms with Crippen LogP contribution in [0.15, 0.2) is 24.3 Å². The van der Waals surface area contributed by atoms with Crippen LogP contribution in [0.4, 0.5) is 0 Å². The largest absolute Gasteiger partial charge is 0.481 e. The lowest BCUT2D eigenvalue weighted by atomic mass is 10.1. The standard InChI is InChI=1S/C12H12ClNO/c1-2-7-15-10-5-3-9(4-6-10)11-8-12(11)14-13/h1,3-6,11-12,14H,7-8H2. The fourth-order valence-electron chi connectivity index (χ4n) is 1.62. The third-order valence-corrected chi connectivity index (χ3v) is 2.84. The van der Waals surface area contributed by atoms with E-state index in [0.717, 1.165) is 12.2 Å². The summed E-state index contributed by atoms with van der Waals surface area (Å²) >= 11 is 5.55. The zero-order valence-corrected chi connectivity index (χ0v) is 9.00. The molecule has 0 aromatic heterocycles. The predicted octanol–water partition coefficient (Wildman–Crippen LogP) is 2.30. The first-order valence-corrected chi connectivity index (χ1v) is 5.25. The minimum Gasteiger partial charge on any atom is -0.481 e. The van der Waals surface area contributed by atoms with Crippen LogP contribution in [0, 0.1) is 12.3 Å². The van der Waals surface area contributed by atoms with Crippen LogP contribution in [0.5, 0.6) is 5.75 Å². The Hall–Kier alpha value is -1.17. The molecule has 1 aromatic carbocycles. The van der Waals surface area contributed by atoms with E-state index in [0.29, 0.717) is 18.6 Å². The zero-order valence-electron chi connectivity index (χ0n) is 8.24. The van der Waals surface area contributed by atoms with E-state index in [1.54, 1.807) is 0 Å². The molecule has 0 heterocycles. The number of halogens is 1. The van der Waals surface area contributed by atoms with Crippen molar-refractivity contribution in [2.75, 3.05) is 6.61 Å². The predicted molar refractivity (Wildman–Crippen MR) is 60.9 cm³/mol. The van der Waals surface area contributed by atoms with E-state index in [1.165, 1.54) is 5.56 Å². The highest BCUT2D eigenvalue weighted by atomic mass is 35.5. The molecule has 0 amide bonds. The first-order chi connectivity index (χ1) is 7.35. The fraction of sp³-hybridized carbons (Fsp3) is 0.333. The minimum atomic E-state index is 0.314. The number of rotatable bonds is 4. The molecule has 0 radical (unpaired) electrons. The van der Waals surface area contributed by atoms with Crippen LogP contribution in [0.1, 0.15) is 17.9 Å². The zero-order chi connectivity index (χ0) is 10.7. The van der Waals surface area contributed by atoms with Crippen molar-refractivity contribution in [1.82, 2.24) is 4.84 Å². The molecule has 1 aliphatic rings. The van der Waals surface area contributed by atoms with E-state index in [2.05, 4.69) is 22.9 Å². The third kappa shape index (κ3) is 2.44. The van der Waals surface area contributed by atoms with Crippen LogP contribution in [-0.4, -0.2) is 12.6 Å². The first kappa shape index (κ1) is 10.4. The van der Waals surface area contributed by atoms with Crippen molar-refractivity contribution in [2.45, 2.75) is 18.4 Å². The van der Waals surface area contributed by atoms with Crippen LogP contribution in [-0.2, 0) is 0 Å². The lowest BCUT2D eigenvalue weighted by Gasteiger charge is -2.03. The summed E-state index contributed by atoms with van der Waals surface area (Å²) in [5, 5.41) is 0. The molecular formula is C12H12ClNO. The smallest absolute Gasteiger partial charge is 0.148 e. The molecule has 0 spiro atoms. The van der Waals surface area contributed by atoms with Gasteiger partial charge in [-0.2, -0.15) is 0 Å². The highest BCUT2D eigenvalue weighted by molar-refractivity contribution is 6.13. The maximum Gasteiger partial charge on any atom is 0.148 e. The molecule has 2 unspecified atom stereocenters. The summed E-state index contributed by atoms with van der Waals surface area (Å²) < 4.78 is 5.29. The van der Waals surface area contributed by atoms with Gasteiger partial charge in [0.2, 0.25) is 0 Å². The van der Waals surface area contributed by atoms with Crippen LogP contribution in [0.3, 0.4) is 0 Å². The van der Waals surface area contributed by atoms with E-state index in [-0.39, 0.29) is 0 Å². The van der Waals surface area contributed by atoms with Crippen LogP contribution >= 0.6 is 11.8 Å². The summed E-state index contributed by atoms with van der Waals surface area (Å²) in [5.74, 6) is 3.79. The molecule has 1 fully saturated rings. The van der Waals surface area contributed by atoms with Crippen LogP contribution < -0.4 is 9.57 Å². The number of hydrogen-bond donors (Lipinski definition) is 1. The fourth-order valence-corrected chi connectivity index (χ4v) is 1.86. The van der Waals surface area contributed by atoms with E-state index in [1.807, 2.05) is 12.1 Å². The molecule has 0 saturated heterocycles. The molecule has 3 heteroatoms. The molecule has 1 aliphatic carbocycles. The van der Waals surface area contributed by atoms with Crippen molar-refractivity contribution < 1.29 is 4.74 Å². The Balaban J connectivity index is 1.96. The van der Waals surface area contributed by atoms with Crippen LogP contribution in [0.2, 0.25) is 0 Å². The Morgan fingerprint density at radius 1 is 1.47 bits per heavy atom. The van der Waals surface area contributed by atoms with Gasteiger partial charge in [-0.1, -0.05) is 18.1 Å². The van der Waals surface area contributed by atoms with Gasteiger partial charge in [0.05, 0.1) is 0 Å². The Morgan fingerprint density at radius 2 is 2.20 bits per heavy atom. The minimum absolute atomic E-state index is 0.314. The quantitative estimate of drug-likeness (QED) is 0.622. The summed E-state index contributed by atoms with van der Waals surface area (Å²) in [4.78, 5) is 2.75. The number of ether oxygens (including phenoxy) is 1. The topological polar surface area (TPSA) is 21.3 Å². The van der Waals surface area contributed by atoms with Gasteiger partial charge >= 0.3 is 0 Å². The lowest BCUT2D eigenvalue weighted by molar-refractivity contribution is 0.370. The monoisotopic (exact) mass is 221 g/mol. The summed E-state index contributed by atoms with van der Waals surface area (Å²) in [6, 6.07) is 8.42. The Kier molecular flexibility index (Phi) is 3.15. The first-order valence-electron chi connectivity index (χ1n) is 4.87. The number of benzene rings is 1. The number of terminal acetylenes is 1. The summed E-state index contributed by atoms with van der Waals surface area (Å²) in [7, 11) is 0. The molecule has 2 nitrogen and oxygen atoms in total. The summed E-state index contributed by atoms with van der Waals surface area (Å²) in [6.45, 7) is 0.314. The highest BCUT2D eigenvalue weighted by Crippen LogP contribution is 2.41. The maximum atomic E-state index is 5.55. The normalized spacial score (nSPS) is 23.2. The average molecular weight is 222 g/mol. The lowest BCUT2D eigenvalue weighted by Crippen LogP contribution is -2.03. The Bertz CT molecular complexity index is 368. The molecule has 2 atom stereocenters. The number of hydrogen-bond acceptors (Lipinski definition) is 2. The third-order valence-electron chi connectivity index (χ3n) is 2.56. The van der Waals surface area contributed by atoms with Crippen molar-refractivity contribution in [3.05, 3.63) is 29.8 Å². The van der Waals surface area contributed by atoms with Gasteiger partial charge in [0.1, 0.15) is 12.4 Å². The second-order valence-corrected chi connectivity index (χ2v) is 3.84. The van der Waals surface area contributed by atoms with Crippen molar-refractivity contribution in [1.29, 1.82) is 0 Å². The van der Waals surface area contributed by atoms with Crippen molar-refractivity contribution in [3.63, 3.8) is 0 Å². The van der Waals surface area contributed by atoms with Gasteiger partial charge in [-0.25, -0.2) is 4.84 Å². The van der Waals surface area contributed by atoms with E-state index in [4.69, 9.17) is 22.9 Å². The summed E-state index contributed by atoms with van der Waals surface area (Å²) in [5.41, 5.74) is 1.29. The molecule has 0 aliphatic heterocycles. The van der Waals surface area contributed by atoms with Gasteiger partial charge in [-0.05, 0) is 35.9 Å². The molecule has 78 valence electrons. The van der Waals surface area contributed by atoms with Gasteiger partial charge in [-0.3, -0.25) is 0 Å². The van der Waals surface area contributed by atoms with Crippen molar-refractivity contribution in [2.24, 2.45) is 0 Å². The van der Waals surface area contributed by atoms with Crippen molar-refractivity contribution in [3.8, 4) is 18.1 Å². The second-order valence-electron chi connectivity index (χ2n) is 3.62. The highest BCUT2D eigenvalue weighted by Gasteiger charge is 2.37. The van der Waals surface area contributed by atoms with Crippen molar-refractivity contribution >= 4 is 11.8 Å². The molecule has 2 rings (SSSR count). The maximum absolute atomic E-state index is 5.55. The summed E-state index contributed by atoms with van der Waals surface area (Å²) in [6.07, 6.45) is 6.21. The SMILES string of the molecule is C#CCOc1ccc(C2CC2NCl)cc1. The van der Waals surface area contributed by atoms with E-state index in [9.17, 15) is 0 Å². The molecule has 15 heavy (non-hydrogen) atoms. The van der Waals surface area contributed by atoms with Gasteiger partial charge in [0, 0.05) is 12.0 Å². The molecule has 0 bridgehead atoms. The Morgan fingerprint density at radius 3 is 2.73 bits per heavy atom. The van der Waals surface area contributed by atoms with E-state index < -0.39 is 0 Å². The molecular weight excluding hydrogens is 210 g/mol. The second kappa shape index (κ2) is 4.57. The van der Waals surface area contributed by atoms with Gasteiger partial charge < -0.3 is 4.74 Å². The molecule has 1 saturated carbocycles. The van der Waals surface area contributed by atoms with Gasteiger partial charge in [-0.15, -0.1) is 6.42 Å².